The van der Waals surface area contributed by atoms with E-state index in [0.29, 0.717) is 34.7 Å². The molecule has 0 radical (unpaired) electrons. The Labute approximate surface area is 213 Å². The van der Waals surface area contributed by atoms with E-state index < -0.39 is 35.1 Å². The Balaban J connectivity index is 1.61. The summed E-state index contributed by atoms with van der Waals surface area (Å²) in [6, 6.07) is 20.4. The number of carbonyl (C=O) groups excluding carboxylic acids is 2. The molecule has 7 heteroatoms. The lowest BCUT2D eigenvalue weighted by molar-refractivity contribution is -0.119. The molecule has 1 aliphatic carbocycles. The van der Waals surface area contributed by atoms with Gasteiger partial charge in [-0.15, -0.1) is 0 Å². The van der Waals surface area contributed by atoms with Crippen molar-refractivity contribution in [3.63, 3.8) is 0 Å². The van der Waals surface area contributed by atoms with Gasteiger partial charge in [0.2, 0.25) is 5.91 Å². The number of anilines is 1. The van der Waals surface area contributed by atoms with Crippen LogP contribution < -0.4 is 10.1 Å². The van der Waals surface area contributed by atoms with Crippen molar-refractivity contribution in [2.45, 2.75) is 31.6 Å². The molecule has 5 nitrogen and oxygen atoms in total. The van der Waals surface area contributed by atoms with E-state index in [0.717, 1.165) is 17.7 Å². The Hall–Kier alpha value is -4.13. The van der Waals surface area contributed by atoms with E-state index in [-0.39, 0.29) is 18.1 Å². The number of nitrogens with one attached hydrogen (secondary N) is 1. The first-order valence-electron chi connectivity index (χ1n) is 12.1. The maximum atomic E-state index is 14.4. The first kappa shape index (κ1) is 24.6. The van der Waals surface area contributed by atoms with Crippen LogP contribution >= 0.6 is 0 Å². The molecule has 1 N–H and O–H groups in total. The molecule has 1 unspecified atom stereocenters. The number of Topliss-reactive ketones (excluding diaryl/α,β-unsaturated/α-hetero) is 1. The molecule has 2 aliphatic rings. The van der Waals surface area contributed by atoms with Crippen LogP contribution in [0.15, 0.2) is 89.1 Å². The average molecular weight is 501 g/mol. The minimum atomic E-state index is -0.966. The van der Waals surface area contributed by atoms with Gasteiger partial charge in [-0.1, -0.05) is 54.6 Å². The summed E-state index contributed by atoms with van der Waals surface area (Å²) in [4.78, 5) is 32.1. The largest absolute Gasteiger partial charge is 0.496 e. The van der Waals surface area contributed by atoms with Gasteiger partial charge in [-0.2, -0.15) is 0 Å². The topological polar surface area (TPSA) is 67.8 Å². The number of nitrogens with zero attached hydrogens (tertiary/aromatic N) is 1. The van der Waals surface area contributed by atoms with E-state index in [9.17, 15) is 18.4 Å². The van der Waals surface area contributed by atoms with Gasteiger partial charge in [0.25, 0.3) is 0 Å². The second kappa shape index (κ2) is 10.1. The summed E-state index contributed by atoms with van der Waals surface area (Å²) in [5, 5.41) is 2.42. The van der Waals surface area contributed by atoms with Gasteiger partial charge in [-0.3, -0.25) is 14.6 Å². The summed E-state index contributed by atoms with van der Waals surface area (Å²) >= 11 is 0. The second-order valence-electron chi connectivity index (χ2n) is 9.34. The highest BCUT2D eigenvalue weighted by Gasteiger charge is 2.45. The third-order valence-corrected chi connectivity index (χ3v) is 7.13. The van der Waals surface area contributed by atoms with Crippen LogP contribution in [0.2, 0.25) is 0 Å². The van der Waals surface area contributed by atoms with Gasteiger partial charge in [0.05, 0.1) is 13.0 Å². The zero-order valence-corrected chi connectivity index (χ0v) is 20.5. The van der Waals surface area contributed by atoms with Gasteiger partial charge >= 0.3 is 0 Å². The second-order valence-corrected chi connectivity index (χ2v) is 9.34. The normalized spacial score (nSPS) is 21.2. The van der Waals surface area contributed by atoms with E-state index >= 15 is 0 Å². The Morgan fingerprint density at radius 3 is 2.32 bits per heavy atom. The summed E-state index contributed by atoms with van der Waals surface area (Å²) in [5.74, 6) is -3.71. The number of hydrogen-bond donors (Lipinski definition) is 1. The van der Waals surface area contributed by atoms with Crippen LogP contribution in [0, 0.1) is 17.6 Å². The predicted octanol–water partition coefficient (Wildman–Crippen LogP) is 6.19. The van der Waals surface area contributed by atoms with Crippen molar-refractivity contribution in [3.05, 3.63) is 107 Å². The molecule has 3 aromatic carbocycles. The number of methoxy groups -OCH3 is 1. The van der Waals surface area contributed by atoms with Crippen molar-refractivity contribution < 1.29 is 23.1 Å². The Morgan fingerprint density at radius 2 is 1.62 bits per heavy atom. The van der Waals surface area contributed by atoms with E-state index in [4.69, 9.17) is 9.73 Å². The van der Waals surface area contributed by atoms with E-state index in [2.05, 4.69) is 5.32 Å². The minimum Gasteiger partial charge on any atom is -0.496 e. The number of allylic oxidation sites excluding steroid dienone is 2. The molecular formula is C30H26F2N2O3. The van der Waals surface area contributed by atoms with Crippen molar-refractivity contribution >= 4 is 23.1 Å². The Morgan fingerprint density at radius 1 is 0.946 bits per heavy atom. The molecule has 0 saturated heterocycles. The van der Waals surface area contributed by atoms with Gasteiger partial charge < -0.3 is 10.1 Å². The number of ether oxygens (including phenoxy) is 1. The lowest BCUT2D eigenvalue weighted by Crippen LogP contribution is -2.40. The summed E-state index contributed by atoms with van der Waals surface area (Å²) in [6.45, 7) is 1.71. The van der Waals surface area contributed by atoms with Crippen molar-refractivity contribution in [1.82, 2.24) is 0 Å². The van der Waals surface area contributed by atoms with Crippen LogP contribution in [0.4, 0.5) is 14.5 Å². The fraction of sp³-hybridized carbons (Fsp3) is 0.233. The van der Waals surface area contributed by atoms with Crippen LogP contribution in [-0.2, 0) is 9.59 Å². The van der Waals surface area contributed by atoms with E-state index in [1.54, 1.807) is 19.1 Å². The van der Waals surface area contributed by atoms with Gasteiger partial charge in [0.15, 0.2) is 5.78 Å². The molecule has 1 amide bonds. The highest BCUT2D eigenvalue weighted by Crippen LogP contribution is 2.48. The number of rotatable bonds is 5. The predicted molar refractivity (Wildman–Crippen MR) is 138 cm³/mol. The summed E-state index contributed by atoms with van der Waals surface area (Å²) in [5.41, 5.74) is 2.73. The van der Waals surface area contributed by atoms with Crippen molar-refractivity contribution in [1.29, 1.82) is 0 Å². The minimum absolute atomic E-state index is 0.0276. The van der Waals surface area contributed by atoms with Crippen molar-refractivity contribution in [3.8, 4) is 5.75 Å². The molecule has 3 atom stereocenters. The van der Waals surface area contributed by atoms with Gasteiger partial charge in [0.1, 0.15) is 23.1 Å². The van der Waals surface area contributed by atoms with Crippen LogP contribution in [0.25, 0.3) is 0 Å². The zero-order chi connectivity index (χ0) is 26.1. The molecule has 0 bridgehead atoms. The molecule has 3 aromatic rings. The number of halogens is 2. The molecule has 0 aromatic heterocycles. The summed E-state index contributed by atoms with van der Waals surface area (Å²) in [6.07, 6.45) is 0.823. The summed E-state index contributed by atoms with van der Waals surface area (Å²) in [7, 11) is 1.52. The summed E-state index contributed by atoms with van der Waals surface area (Å²) < 4.78 is 34.4. The number of ketones is 1. The fourth-order valence-electron chi connectivity index (χ4n) is 5.44. The number of hydrogen-bond acceptors (Lipinski definition) is 4. The third-order valence-electron chi connectivity index (χ3n) is 7.13. The lowest BCUT2D eigenvalue weighted by atomic mass is 9.69. The van der Waals surface area contributed by atoms with Crippen LogP contribution in [0.1, 0.15) is 42.7 Å². The van der Waals surface area contributed by atoms with Gasteiger partial charge in [-0.25, -0.2) is 8.78 Å². The molecule has 1 heterocycles. The fourth-order valence-corrected chi connectivity index (χ4v) is 5.44. The highest BCUT2D eigenvalue weighted by molar-refractivity contribution is 6.13. The van der Waals surface area contributed by atoms with Gasteiger partial charge in [-0.05, 0) is 43.0 Å². The molecule has 37 heavy (non-hydrogen) atoms. The first-order chi connectivity index (χ1) is 17.9. The number of para-hydroxylation sites is 2. The molecule has 5 rings (SSSR count). The number of benzene rings is 3. The lowest BCUT2D eigenvalue weighted by Gasteiger charge is -2.37. The maximum Gasteiger partial charge on any atom is 0.234 e. The van der Waals surface area contributed by atoms with Crippen LogP contribution in [-0.4, -0.2) is 24.5 Å². The molecule has 0 fully saturated rings. The SMILES string of the molecule is COc1ccccc1[C@H]1C2=C(C[C@H](c3ccccc3)CC2=O)N=C(C)C1C(=O)Nc1c(F)cccc1F. The van der Waals surface area contributed by atoms with Crippen LogP contribution in [0.3, 0.4) is 0 Å². The molecule has 1 aliphatic heterocycles. The molecule has 0 saturated carbocycles. The Kier molecular flexibility index (Phi) is 6.70. The van der Waals surface area contributed by atoms with E-state index in [1.807, 2.05) is 42.5 Å². The number of aliphatic imine (C=N–C) groups is 1. The average Bonchev–Trinajstić information content (AvgIpc) is 2.90. The van der Waals surface area contributed by atoms with Gasteiger partial charge in [0, 0.05) is 34.9 Å². The highest BCUT2D eigenvalue weighted by atomic mass is 19.1. The molecule has 188 valence electrons. The smallest absolute Gasteiger partial charge is 0.234 e. The standard InChI is InChI=1S/C30H26F2N2O3/c1-17-26(30(36)34-29-21(31)12-8-13-22(29)32)27(20-11-6-7-14-25(20)37-2)28-23(33-17)15-19(16-24(28)35)18-9-4-3-5-10-18/h3-14,19,26-27H,15-16H2,1-2H3,(H,34,36)/t19-,26?,27+/m0/s1. The maximum absolute atomic E-state index is 14.4. The monoisotopic (exact) mass is 500 g/mol. The van der Waals surface area contributed by atoms with Crippen molar-refractivity contribution in [2.24, 2.45) is 10.9 Å². The quantitative estimate of drug-likeness (QED) is 0.454. The molecule has 0 spiro atoms. The third kappa shape index (κ3) is 4.57. The molecular weight excluding hydrogens is 474 g/mol. The first-order valence-corrected chi connectivity index (χ1v) is 12.1. The van der Waals surface area contributed by atoms with E-state index in [1.165, 1.54) is 13.2 Å². The number of amides is 1. The Bertz CT molecular complexity index is 1410. The number of carbonyl (C=O) groups is 2. The zero-order valence-electron chi connectivity index (χ0n) is 20.5. The van der Waals surface area contributed by atoms with Crippen molar-refractivity contribution in [2.75, 3.05) is 12.4 Å². The van der Waals surface area contributed by atoms with Crippen LogP contribution in [0.5, 0.6) is 5.75 Å².